The van der Waals surface area contributed by atoms with Crippen LogP contribution in [0.4, 0.5) is 0 Å². The second-order valence-electron chi connectivity index (χ2n) is 9.49. The molecule has 0 saturated heterocycles. The summed E-state index contributed by atoms with van der Waals surface area (Å²) >= 11 is 0. The van der Waals surface area contributed by atoms with Crippen LogP contribution in [0, 0.1) is 23.7 Å². The maximum Gasteiger partial charge on any atom is 0.0117 e. The molecule has 0 nitrogen and oxygen atoms in total. The van der Waals surface area contributed by atoms with Crippen molar-refractivity contribution in [2.45, 2.75) is 52.7 Å². The summed E-state index contributed by atoms with van der Waals surface area (Å²) in [6.45, 7) is 0. The molecule has 30 heavy (non-hydrogen) atoms. The molecule has 154 valence electrons. The van der Waals surface area contributed by atoms with Crippen molar-refractivity contribution in [1.29, 1.82) is 0 Å². The van der Waals surface area contributed by atoms with Crippen LogP contribution < -0.4 is 0 Å². The van der Waals surface area contributed by atoms with Gasteiger partial charge < -0.3 is 0 Å². The predicted molar refractivity (Wildman–Crippen MR) is 127 cm³/mol. The molecule has 6 rings (SSSR count). The molecular formula is C28H29ClS. The molecule has 0 aromatic heterocycles. The molecule has 3 fully saturated rings. The summed E-state index contributed by atoms with van der Waals surface area (Å²) in [5.41, 5.74) is 1.55. The first-order chi connectivity index (χ1) is 14.7. The molecule has 2 heteroatoms. The molecule has 3 aliphatic carbocycles. The van der Waals surface area contributed by atoms with Crippen LogP contribution in [0.1, 0.15) is 43.6 Å². The van der Waals surface area contributed by atoms with Crippen molar-refractivity contribution in [3.63, 3.8) is 0 Å². The Kier molecular flexibility index (Phi) is 4.73. The van der Waals surface area contributed by atoms with Gasteiger partial charge in [0.15, 0.2) is 0 Å². The van der Waals surface area contributed by atoms with Crippen LogP contribution in [0.2, 0.25) is 0 Å². The standard InChI is InChI=1S/C28H29ClS/c29-30(22-8-3-1-4-9-22,23-10-5-2-6-11-23)24-16-14-20(15-17-24)27-18-21-19-28(27)26-13-7-12-25(21)26/h1-6,8-11,14-17,21,25-28H,7,12-13,18-19H2. The number of halogens is 1. The van der Waals surface area contributed by atoms with Gasteiger partial charge >= 0.3 is 0 Å². The molecule has 3 saturated carbocycles. The van der Waals surface area contributed by atoms with E-state index in [1.165, 1.54) is 46.8 Å². The molecule has 0 heterocycles. The fourth-order valence-corrected chi connectivity index (χ4v) is 10.3. The summed E-state index contributed by atoms with van der Waals surface area (Å²) in [7, 11) is 5.78. The second-order valence-corrected chi connectivity index (χ2v) is 13.4. The third-order valence-corrected chi connectivity index (χ3v) is 12.6. The number of fused-ring (bicyclic) bond motifs is 5. The van der Waals surface area contributed by atoms with Gasteiger partial charge in [-0.1, -0.05) is 74.9 Å². The predicted octanol–water partition coefficient (Wildman–Crippen LogP) is 8.66. The molecule has 0 spiro atoms. The van der Waals surface area contributed by atoms with Gasteiger partial charge in [0.25, 0.3) is 0 Å². The van der Waals surface area contributed by atoms with Crippen LogP contribution >= 0.6 is 19.9 Å². The van der Waals surface area contributed by atoms with E-state index in [0.29, 0.717) is 0 Å². The van der Waals surface area contributed by atoms with Crippen molar-refractivity contribution in [2.75, 3.05) is 0 Å². The van der Waals surface area contributed by atoms with Gasteiger partial charge in [-0.2, -0.15) is 0 Å². The fraction of sp³-hybridized carbons (Fsp3) is 0.357. The van der Waals surface area contributed by atoms with Crippen LogP contribution in [-0.2, 0) is 0 Å². The van der Waals surface area contributed by atoms with E-state index in [2.05, 4.69) is 84.9 Å². The van der Waals surface area contributed by atoms with Crippen molar-refractivity contribution in [3.05, 3.63) is 90.5 Å². The van der Waals surface area contributed by atoms with Crippen LogP contribution in [0.25, 0.3) is 0 Å². The summed E-state index contributed by atoms with van der Waals surface area (Å²) in [5.74, 6) is 4.78. The maximum absolute atomic E-state index is 7.55. The monoisotopic (exact) mass is 432 g/mol. The van der Waals surface area contributed by atoms with Crippen LogP contribution in [0.5, 0.6) is 0 Å². The minimum atomic E-state index is -1.77. The van der Waals surface area contributed by atoms with Crippen molar-refractivity contribution in [1.82, 2.24) is 0 Å². The SMILES string of the molecule is ClS(c1ccccc1)(c1ccccc1)c1ccc(C2CC3CC2C2CCCC32)cc1. The van der Waals surface area contributed by atoms with Gasteiger partial charge in [0.2, 0.25) is 0 Å². The van der Waals surface area contributed by atoms with E-state index in [1.54, 1.807) is 5.56 Å². The van der Waals surface area contributed by atoms with Crippen molar-refractivity contribution < 1.29 is 0 Å². The van der Waals surface area contributed by atoms with Gasteiger partial charge in [-0.3, -0.25) is 0 Å². The lowest BCUT2D eigenvalue weighted by Crippen LogP contribution is -2.23. The van der Waals surface area contributed by atoms with Crippen LogP contribution in [0.3, 0.4) is 0 Å². The Hall–Kier alpha value is -1.70. The summed E-state index contributed by atoms with van der Waals surface area (Å²) in [4.78, 5) is 3.66. The zero-order chi connectivity index (χ0) is 20.1. The Balaban J connectivity index is 1.36. The van der Waals surface area contributed by atoms with Crippen molar-refractivity contribution >= 4 is 19.9 Å². The van der Waals surface area contributed by atoms with Gasteiger partial charge in [-0.15, -0.1) is 0 Å². The molecule has 0 N–H and O–H groups in total. The molecule has 5 unspecified atom stereocenters. The Labute approximate surface area is 186 Å². The Morgan fingerprint density at radius 2 is 1.17 bits per heavy atom. The maximum atomic E-state index is 7.55. The highest BCUT2D eigenvalue weighted by Gasteiger charge is 2.53. The smallest absolute Gasteiger partial charge is 0.0117 e. The molecule has 3 aliphatic rings. The third-order valence-electron chi connectivity index (χ3n) is 8.20. The zero-order valence-corrected chi connectivity index (χ0v) is 18.9. The van der Waals surface area contributed by atoms with Gasteiger partial charge in [0, 0.05) is 14.7 Å². The lowest BCUT2D eigenvalue weighted by molar-refractivity contribution is 0.232. The van der Waals surface area contributed by atoms with E-state index in [0.717, 1.165) is 29.6 Å². The van der Waals surface area contributed by atoms with E-state index < -0.39 is 9.24 Å². The largest absolute Gasteiger partial charge is 0.0810 e. The highest BCUT2D eigenvalue weighted by atomic mass is 35.7. The molecule has 0 radical (unpaired) electrons. The second kappa shape index (κ2) is 7.46. The number of hydrogen-bond acceptors (Lipinski definition) is 0. The summed E-state index contributed by atoms with van der Waals surface area (Å²) in [6, 6.07) is 30.7. The first-order valence-electron chi connectivity index (χ1n) is 11.5. The van der Waals surface area contributed by atoms with Crippen LogP contribution in [0.15, 0.2) is 99.6 Å². The van der Waals surface area contributed by atoms with Gasteiger partial charge in [-0.05, 0) is 97.2 Å². The quantitative estimate of drug-likeness (QED) is 0.386. The third kappa shape index (κ3) is 2.89. The highest BCUT2D eigenvalue weighted by molar-refractivity contribution is 8.51. The average Bonchev–Trinajstić information content (AvgIpc) is 3.54. The molecule has 0 amide bonds. The topological polar surface area (TPSA) is 0 Å². The van der Waals surface area contributed by atoms with E-state index in [4.69, 9.17) is 10.7 Å². The number of rotatable bonds is 4. The van der Waals surface area contributed by atoms with Crippen molar-refractivity contribution in [2.24, 2.45) is 23.7 Å². The fourth-order valence-electron chi connectivity index (χ4n) is 6.98. The molecule has 5 atom stereocenters. The van der Waals surface area contributed by atoms with Gasteiger partial charge in [-0.25, -0.2) is 0 Å². The van der Waals surface area contributed by atoms with E-state index in [-0.39, 0.29) is 0 Å². The summed E-state index contributed by atoms with van der Waals surface area (Å²) < 4.78 is 0. The number of hydrogen-bond donors (Lipinski definition) is 0. The van der Waals surface area contributed by atoms with E-state index >= 15 is 0 Å². The first kappa shape index (κ1) is 19.0. The van der Waals surface area contributed by atoms with Crippen molar-refractivity contribution in [3.8, 4) is 0 Å². The van der Waals surface area contributed by atoms with E-state index in [1.807, 2.05) is 0 Å². The molecule has 3 aromatic carbocycles. The molecule has 0 aliphatic heterocycles. The van der Waals surface area contributed by atoms with E-state index in [9.17, 15) is 0 Å². The Morgan fingerprint density at radius 3 is 1.80 bits per heavy atom. The lowest BCUT2D eigenvalue weighted by atomic mass is 9.73. The van der Waals surface area contributed by atoms with Crippen LogP contribution in [-0.4, -0.2) is 0 Å². The van der Waals surface area contributed by atoms with Gasteiger partial charge in [0.1, 0.15) is 0 Å². The summed E-state index contributed by atoms with van der Waals surface area (Å²) in [6.07, 6.45) is 7.36. The average molecular weight is 433 g/mol. The molecular weight excluding hydrogens is 404 g/mol. The highest BCUT2D eigenvalue weighted by Crippen LogP contribution is 2.72. The summed E-state index contributed by atoms with van der Waals surface area (Å²) in [5, 5.41) is 0. The minimum Gasteiger partial charge on any atom is -0.0810 e. The molecule has 3 aromatic rings. The lowest BCUT2D eigenvalue weighted by Gasteiger charge is -2.35. The minimum absolute atomic E-state index is 0.775. The molecule has 2 bridgehead atoms. The van der Waals surface area contributed by atoms with Gasteiger partial charge in [0.05, 0.1) is 0 Å². The zero-order valence-electron chi connectivity index (χ0n) is 17.3. The first-order valence-corrected chi connectivity index (χ1v) is 13.9. The Bertz CT molecular complexity index is 974. The normalized spacial score (nSPS) is 30.4. The number of benzene rings is 3. The Morgan fingerprint density at radius 1 is 0.600 bits per heavy atom.